The molecule has 86 valence electrons. The van der Waals surface area contributed by atoms with Gasteiger partial charge in [-0.05, 0) is 12.1 Å². The first-order chi connectivity index (χ1) is 7.29. The topological polar surface area (TPSA) is 54.4 Å². The fourth-order valence-corrected chi connectivity index (χ4v) is 2.55. The van der Waals surface area contributed by atoms with Crippen molar-refractivity contribution in [2.45, 2.75) is 25.7 Å². The molecule has 1 N–H and O–H groups in total. The Hall–Kier alpha value is -1.42. The van der Waals surface area contributed by atoms with Crippen LogP contribution in [0.5, 0.6) is 0 Å². The van der Waals surface area contributed by atoms with Crippen LogP contribution >= 0.6 is 0 Å². The van der Waals surface area contributed by atoms with E-state index in [0.29, 0.717) is 11.6 Å². The zero-order valence-corrected chi connectivity index (χ0v) is 10.8. The average molecular weight is 236 g/mol. The van der Waals surface area contributed by atoms with Gasteiger partial charge in [-0.2, -0.15) is 0 Å². The van der Waals surface area contributed by atoms with Gasteiger partial charge in [0.15, 0.2) is 5.78 Å². The Morgan fingerprint density at radius 2 is 1.50 bits per heavy atom. The molecule has 0 heterocycles. The second-order valence-electron chi connectivity index (χ2n) is 5.04. The third-order valence-electron chi connectivity index (χ3n) is 2.14. The normalized spacial score (nSPS) is 11.2. The highest BCUT2D eigenvalue weighted by Gasteiger charge is 2.19. The highest BCUT2D eigenvalue weighted by molar-refractivity contribution is 6.79. The highest BCUT2D eigenvalue weighted by atomic mass is 28.3. The third kappa shape index (κ3) is 3.62. The molecule has 0 radical (unpaired) electrons. The number of Topliss-reactive ketones (excluding diaryl/α,β-unsaturated/α-hetero) is 1. The van der Waals surface area contributed by atoms with E-state index in [1.165, 1.54) is 12.1 Å². The first-order valence-electron chi connectivity index (χ1n) is 5.16. The molecular weight excluding hydrogens is 220 g/mol. The minimum atomic E-state index is -1.40. The van der Waals surface area contributed by atoms with Crippen LogP contribution in [0.3, 0.4) is 0 Å². The van der Waals surface area contributed by atoms with Crippen LogP contribution in [0.4, 0.5) is 0 Å². The van der Waals surface area contributed by atoms with E-state index in [1.54, 1.807) is 12.1 Å². The number of aromatic carboxylic acids is 1. The number of rotatable bonds is 4. The standard InChI is InChI=1S/C12H16O3Si/c1-16(2,3)8-11(13)9-4-6-10(7-5-9)12(14)15/h4-7H,8H2,1-3H3,(H,14,15). The van der Waals surface area contributed by atoms with E-state index in [9.17, 15) is 9.59 Å². The van der Waals surface area contributed by atoms with Crippen molar-refractivity contribution in [1.29, 1.82) is 0 Å². The van der Waals surface area contributed by atoms with Gasteiger partial charge in [0.25, 0.3) is 0 Å². The van der Waals surface area contributed by atoms with Crippen molar-refractivity contribution < 1.29 is 14.7 Å². The SMILES string of the molecule is C[Si](C)(C)CC(=O)c1ccc(C(=O)O)cc1. The van der Waals surface area contributed by atoms with Crippen LogP contribution in [-0.4, -0.2) is 24.9 Å². The Morgan fingerprint density at radius 3 is 1.88 bits per heavy atom. The van der Waals surface area contributed by atoms with Gasteiger partial charge in [0, 0.05) is 11.6 Å². The number of carbonyl (C=O) groups is 2. The zero-order chi connectivity index (χ0) is 12.3. The van der Waals surface area contributed by atoms with E-state index in [1.807, 2.05) is 0 Å². The number of carbonyl (C=O) groups excluding carboxylic acids is 1. The largest absolute Gasteiger partial charge is 0.478 e. The predicted molar refractivity (Wildman–Crippen MR) is 65.9 cm³/mol. The maximum absolute atomic E-state index is 11.8. The van der Waals surface area contributed by atoms with Crippen LogP contribution in [0.15, 0.2) is 24.3 Å². The quantitative estimate of drug-likeness (QED) is 0.646. The van der Waals surface area contributed by atoms with Crippen LogP contribution in [0, 0.1) is 0 Å². The summed E-state index contributed by atoms with van der Waals surface area (Å²) in [6.07, 6.45) is 0. The molecule has 0 saturated heterocycles. The summed E-state index contributed by atoms with van der Waals surface area (Å²) < 4.78 is 0. The van der Waals surface area contributed by atoms with Gasteiger partial charge in [-0.25, -0.2) is 4.79 Å². The number of hydrogen-bond acceptors (Lipinski definition) is 2. The van der Waals surface area contributed by atoms with Crippen molar-refractivity contribution in [3.8, 4) is 0 Å². The van der Waals surface area contributed by atoms with Crippen molar-refractivity contribution in [2.24, 2.45) is 0 Å². The lowest BCUT2D eigenvalue weighted by atomic mass is 10.1. The van der Waals surface area contributed by atoms with Crippen molar-refractivity contribution in [2.75, 3.05) is 0 Å². The van der Waals surface area contributed by atoms with Crippen molar-refractivity contribution in [3.63, 3.8) is 0 Å². The summed E-state index contributed by atoms with van der Waals surface area (Å²) in [5.41, 5.74) is 0.817. The lowest BCUT2D eigenvalue weighted by Crippen LogP contribution is -2.23. The molecule has 0 fully saturated rings. The molecule has 1 aromatic carbocycles. The van der Waals surface area contributed by atoms with Gasteiger partial charge in [0.1, 0.15) is 0 Å². The molecule has 0 spiro atoms. The predicted octanol–water partition coefficient (Wildman–Crippen LogP) is 2.91. The lowest BCUT2D eigenvalue weighted by molar-refractivity contribution is 0.0696. The highest BCUT2D eigenvalue weighted by Crippen LogP contribution is 2.14. The van der Waals surface area contributed by atoms with Crippen LogP contribution in [0.1, 0.15) is 20.7 Å². The lowest BCUT2D eigenvalue weighted by Gasteiger charge is -2.14. The second-order valence-corrected chi connectivity index (χ2v) is 10.5. The van der Waals surface area contributed by atoms with E-state index in [-0.39, 0.29) is 11.3 Å². The number of carboxylic acids is 1. The molecular formula is C12H16O3Si. The fraction of sp³-hybridized carbons (Fsp3) is 0.333. The number of benzene rings is 1. The van der Waals surface area contributed by atoms with E-state index in [4.69, 9.17) is 5.11 Å². The number of hydrogen-bond donors (Lipinski definition) is 1. The smallest absolute Gasteiger partial charge is 0.335 e. The van der Waals surface area contributed by atoms with E-state index in [2.05, 4.69) is 19.6 Å². The second kappa shape index (κ2) is 4.61. The van der Waals surface area contributed by atoms with Gasteiger partial charge >= 0.3 is 5.97 Å². The molecule has 0 aromatic heterocycles. The average Bonchev–Trinajstić information content (AvgIpc) is 2.15. The van der Waals surface area contributed by atoms with Gasteiger partial charge < -0.3 is 5.11 Å². The van der Waals surface area contributed by atoms with Crippen LogP contribution in [0.2, 0.25) is 25.7 Å². The Bertz CT molecular complexity index is 401. The monoisotopic (exact) mass is 236 g/mol. The molecule has 16 heavy (non-hydrogen) atoms. The van der Waals surface area contributed by atoms with Gasteiger partial charge in [-0.15, -0.1) is 0 Å². The van der Waals surface area contributed by atoms with Crippen LogP contribution in [-0.2, 0) is 0 Å². The molecule has 0 saturated carbocycles. The van der Waals surface area contributed by atoms with Crippen molar-refractivity contribution in [1.82, 2.24) is 0 Å². The summed E-state index contributed by atoms with van der Waals surface area (Å²) in [5, 5.41) is 8.72. The maximum atomic E-state index is 11.8. The molecule has 0 aliphatic heterocycles. The van der Waals surface area contributed by atoms with E-state index in [0.717, 1.165) is 0 Å². The number of carboxylic acid groups (broad SMARTS) is 1. The van der Waals surface area contributed by atoms with Gasteiger partial charge in [-0.3, -0.25) is 4.79 Å². The Labute approximate surface area is 96.1 Å². The summed E-state index contributed by atoms with van der Waals surface area (Å²) in [6.45, 7) is 6.41. The Kier molecular flexibility index (Phi) is 3.65. The fourth-order valence-electron chi connectivity index (χ4n) is 1.38. The maximum Gasteiger partial charge on any atom is 0.335 e. The van der Waals surface area contributed by atoms with Crippen LogP contribution in [0.25, 0.3) is 0 Å². The molecule has 0 atom stereocenters. The first kappa shape index (κ1) is 12.6. The molecule has 0 bridgehead atoms. The van der Waals surface area contributed by atoms with E-state index < -0.39 is 14.0 Å². The zero-order valence-electron chi connectivity index (χ0n) is 9.78. The summed E-state index contributed by atoms with van der Waals surface area (Å²) >= 11 is 0. The molecule has 0 aliphatic carbocycles. The van der Waals surface area contributed by atoms with Gasteiger partial charge in [0.05, 0.1) is 13.6 Å². The minimum absolute atomic E-state index is 0.108. The molecule has 3 nitrogen and oxygen atoms in total. The minimum Gasteiger partial charge on any atom is -0.478 e. The van der Waals surface area contributed by atoms with E-state index >= 15 is 0 Å². The summed E-state index contributed by atoms with van der Waals surface area (Å²) in [6, 6.07) is 6.72. The van der Waals surface area contributed by atoms with Crippen molar-refractivity contribution in [3.05, 3.63) is 35.4 Å². The summed E-state index contributed by atoms with van der Waals surface area (Å²) in [7, 11) is -1.40. The number of ketones is 1. The Morgan fingerprint density at radius 1 is 1.06 bits per heavy atom. The van der Waals surface area contributed by atoms with Crippen molar-refractivity contribution >= 4 is 19.8 Å². The third-order valence-corrected chi connectivity index (χ3v) is 3.53. The molecule has 4 heteroatoms. The molecule has 0 unspecified atom stereocenters. The molecule has 1 aromatic rings. The Balaban J connectivity index is 2.82. The summed E-state index contributed by atoms with van der Waals surface area (Å²) in [5.74, 6) is -0.861. The molecule has 0 amide bonds. The van der Waals surface area contributed by atoms with Gasteiger partial charge in [0.2, 0.25) is 0 Å². The molecule has 1 rings (SSSR count). The molecule has 0 aliphatic rings. The van der Waals surface area contributed by atoms with Gasteiger partial charge in [-0.1, -0.05) is 31.8 Å². The summed E-state index contributed by atoms with van der Waals surface area (Å²) in [4.78, 5) is 22.5. The van der Waals surface area contributed by atoms with Crippen LogP contribution < -0.4 is 0 Å². The first-order valence-corrected chi connectivity index (χ1v) is 8.87.